The Bertz CT molecular complexity index is 815. The molecule has 8 heteroatoms. The summed E-state index contributed by atoms with van der Waals surface area (Å²) in [5.41, 5.74) is 5.89. The Kier molecular flexibility index (Phi) is 3.87. The second kappa shape index (κ2) is 5.29. The zero-order chi connectivity index (χ0) is 14.9. The predicted octanol–water partition coefficient (Wildman–Crippen LogP) is 1.53. The van der Waals surface area contributed by atoms with E-state index in [4.69, 9.17) is 5.73 Å². The number of halogens is 1. The number of aryl methyl sites for hydroxylation is 1. The van der Waals surface area contributed by atoms with Gasteiger partial charge in [0.15, 0.2) is 0 Å². The van der Waals surface area contributed by atoms with Crippen LogP contribution in [0.5, 0.6) is 0 Å². The van der Waals surface area contributed by atoms with E-state index in [0.29, 0.717) is 4.47 Å². The first-order chi connectivity index (χ1) is 9.29. The first-order valence-electron chi connectivity index (χ1n) is 5.54. The molecule has 0 radical (unpaired) electrons. The molecule has 0 aliphatic heterocycles. The van der Waals surface area contributed by atoms with Crippen molar-refractivity contribution >= 4 is 37.3 Å². The molecule has 0 unspecified atom stereocenters. The van der Waals surface area contributed by atoms with E-state index in [2.05, 4.69) is 20.7 Å². The minimum Gasteiger partial charge on any atom is -0.398 e. The Hall–Kier alpha value is -1.80. The Morgan fingerprint density at radius 2 is 1.95 bits per heavy atom. The van der Waals surface area contributed by atoms with Crippen molar-refractivity contribution in [3.05, 3.63) is 51.4 Å². The molecule has 2 aromatic rings. The summed E-state index contributed by atoms with van der Waals surface area (Å²) in [6.45, 7) is 0. The monoisotopic (exact) mass is 357 g/mol. The Morgan fingerprint density at radius 1 is 1.25 bits per heavy atom. The second-order valence-corrected chi connectivity index (χ2v) is 6.72. The fourth-order valence-electron chi connectivity index (χ4n) is 1.61. The van der Waals surface area contributed by atoms with E-state index in [1.807, 2.05) is 0 Å². The maximum Gasteiger partial charge on any atom is 0.264 e. The predicted molar refractivity (Wildman–Crippen MR) is 81.0 cm³/mol. The molecule has 0 amide bonds. The van der Waals surface area contributed by atoms with Gasteiger partial charge in [-0.1, -0.05) is 15.9 Å². The van der Waals surface area contributed by atoms with Crippen LogP contribution < -0.4 is 16.0 Å². The van der Waals surface area contributed by atoms with Gasteiger partial charge in [0.05, 0.1) is 11.4 Å². The van der Waals surface area contributed by atoms with Crippen molar-refractivity contribution in [2.45, 2.75) is 4.90 Å². The van der Waals surface area contributed by atoms with Crippen molar-refractivity contribution in [1.82, 2.24) is 4.57 Å². The molecule has 0 saturated heterocycles. The molecule has 0 aliphatic carbocycles. The van der Waals surface area contributed by atoms with Gasteiger partial charge in [-0.05, 0) is 24.3 Å². The number of nitrogens with one attached hydrogen (secondary N) is 1. The molecular formula is C12H12BrN3O3S. The Labute approximate surface area is 124 Å². The van der Waals surface area contributed by atoms with Gasteiger partial charge in [0.25, 0.3) is 10.0 Å². The normalized spacial score (nSPS) is 11.3. The van der Waals surface area contributed by atoms with Gasteiger partial charge in [-0.25, -0.2) is 8.42 Å². The quantitative estimate of drug-likeness (QED) is 0.814. The van der Waals surface area contributed by atoms with Crippen LogP contribution in [-0.4, -0.2) is 13.0 Å². The summed E-state index contributed by atoms with van der Waals surface area (Å²) >= 11 is 3.20. The van der Waals surface area contributed by atoms with Gasteiger partial charge in [0.2, 0.25) is 5.56 Å². The minimum atomic E-state index is -3.82. The zero-order valence-corrected chi connectivity index (χ0v) is 12.9. The molecule has 20 heavy (non-hydrogen) atoms. The number of rotatable bonds is 3. The molecule has 0 fully saturated rings. The highest BCUT2D eigenvalue weighted by Gasteiger charge is 2.18. The molecule has 0 saturated carbocycles. The van der Waals surface area contributed by atoms with Crippen LogP contribution >= 0.6 is 15.9 Å². The molecule has 0 atom stereocenters. The lowest BCUT2D eigenvalue weighted by Gasteiger charge is -2.11. The Balaban J connectivity index is 2.43. The summed E-state index contributed by atoms with van der Waals surface area (Å²) in [7, 11) is -2.28. The summed E-state index contributed by atoms with van der Waals surface area (Å²) in [5, 5.41) is 0. The lowest BCUT2D eigenvalue weighted by atomic mass is 10.3. The van der Waals surface area contributed by atoms with E-state index in [1.165, 1.54) is 42.1 Å². The van der Waals surface area contributed by atoms with Crippen molar-refractivity contribution in [3.63, 3.8) is 0 Å². The van der Waals surface area contributed by atoms with Gasteiger partial charge in [-0.2, -0.15) is 0 Å². The molecule has 106 valence electrons. The van der Waals surface area contributed by atoms with Crippen LogP contribution in [0.15, 0.2) is 50.7 Å². The smallest absolute Gasteiger partial charge is 0.264 e. The lowest BCUT2D eigenvalue weighted by molar-refractivity contribution is 0.601. The molecule has 3 N–H and O–H groups in total. The summed E-state index contributed by atoms with van der Waals surface area (Å²) in [4.78, 5) is 11.2. The van der Waals surface area contributed by atoms with Crippen molar-refractivity contribution in [1.29, 1.82) is 0 Å². The molecule has 0 spiro atoms. The number of nitrogens with zero attached hydrogens (tertiary/aromatic N) is 1. The number of nitrogen functional groups attached to an aromatic ring is 1. The van der Waals surface area contributed by atoms with E-state index >= 15 is 0 Å². The maximum atomic E-state index is 12.3. The third-order valence-electron chi connectivity index (χ3n) is 2.60. The van der Waals surface area contributed by atoms with Gasteiger partial charge in [-0.3, -0.25) is 9.52 Å². The topological polar surface area (TPSA) is 94.2 Å². The summed E-state index contributed by atoms with van der Waals surface area (Å²) in [6, 6.07) is 7.25. The molecule has 1 aromatic heterocycles. The van der Waals surface area contributed by atoms with Crippen LogP contribution in [-0.2, 0) is 17.1 Å². The number of aromatic nitrogens is 1. The van der Waals surface area contributed by atoms with Crippen LogP contribution in [0.4, 0.5) is 11.4 Å². The molecule has 1 heterocycles. The standard InChI is InChI=1S/C12H12BrN3O3S/c1-16-7-9(3-5-12(16)17)15-20(18,19)11-6-8(13)2-4-10(11)14/h2-7,15H,14H2,1H3. The Morgan fingerprint density at radius 3 is 2.60 bits per heavy atom. The number of pyridine rings is 1. The van der Waals surface area contributed by atoms with E-state index in [0.717, 1.165) is 0 Å². The summed E-state index contributed by atoms with van der Waals surface area (Å²) in [5.74, 6) is 0. The first-order valence-corrected chi connectivity index (χ1v) is 7.82. The fourth-order valence-corrected chi connectivity index (χ4v) is 3.32. The highest BCUT2D eigenvalue weighted by atomic mass is 79.9. The van der Waals surface area contributed by atoms with E-state index < -0.39 is 10.0 Å². The fraction of sp³-hybridized carbons (Fsp3) is 0.0833. The van der Waals surface area contributed by atoms with Crippen LogP contribution in [0.2, 0.25) is 0 Å². The summed E-state index contributed by atoms with van der Waals surface area (Å²) < 4.78 is 28.8. The molecule has 2 rings (SSSR count). The van der Waals surface area contributed by atoms with E-state index in [-0.39, 0.29) is 21.8 Å². The maximum absolute atomic E-state index is 12.3. The third kappa shape index (κ3) is 3.02. The molecule has 0 aliphatic rings. The van der Waals surface area contributed by atoms with E-state index in [9.17, 15) is 13.2 Å². The van der Waals surface area contributed by atoms with E-state index in [1.54, 1.807) is 6.07 Å². The van der Waals surface area contributed by atoms with Crippen molar-refractivity contribution in [2.24, 2.45) is 7.05 Å². The van der Waals surface area contributed by atoms with Crippen LogP contribution in [0, 0.1) is 0 Å². The largest absolute Gasteiger partial charge is 0.398 e. The van der Waals surface area contributed by atoms with Crippen LogP contribution in [0.3, 0.4) is 0 Å². The average molecular weight is 358 g/mol. The first kappa shape index (κ1) is 14.6. The van der Waals surface area contributed by atoms with Gasteiger partial charge in [0.1, 0.15) is 4.90 Å². The van der Waals surface area contributed by atoms with Crippen LogP contribution in [0.25, 0.3) is 0 Å². The average Bonchev–Trinajstić information content (AvgIpc) is 2.36. The third-order valence-corrected chi connectivity index (χ3v) is 4.53. The van der Waals surface area contributed by atoms with Crippen molar-refractivity contribution in [3.8, 4) is 0 Å². The van der Waals surface area contributed by atoms with Crippen molar-refractivity contribution < 1.29 is 8.42 Å². The SMILES string of the molecule is Cn1cc(NS(=O)(=O)c2cc(Br)ccc2N)ccc1=O. The molecule has 6 nitrogen and oxygen atoms in total. The van der Waals surface area contributed by atoms with Gasteiger partial charge in [-0.15, -0.1) is 0 Å². The highest BCUT2D eigenvalue weighted by Crippen LogP contribution is 2.24. The lowest BCUT2D eigenvalue weighted by Crippen LogP contribution is -2.19. The number of nitrogens with two attached hydrogens (primary N) is 1. The molecule has 0 bridgehead atoms. The molecular weight excluding hydrogens is 346 g/mol. The van der Waals surface area contributed by atoms with Gasteiger partial charge in [0, 0.05) is 23.8 Å². The number of sulfonamides is 1. The number of anilines is 2. The van der Waals surface area contributed by atoms with Gasteiger partial charge < -0.3 is 10.3 Å². The minimum absolute atomic E-state index is 0.0271. The number of benzene rings is 1. The van der Waals surface area contributed by atoms with Gasteiger partial charge >= 0.3 is 0 Å². The zero-order valence-electron chi connectivity index (χ0n) is 10.5. The highest BCUT2D eigenvalue weighted by molar-refractivity contribution is 9.10. The van der Waals surface area contributed by atoms with Crippen molar-refractivity contribution in [2.75, 3.05) is 10.5 Å². The number of hydrogen-bond donors (Lipinski definition) is 2. The number of hydrogen-bond acceptors (Lipinski definition) is 4. The molecule has 1 aromatic carbocycles. The van der Waals surface area contributed by atoms with Crippen LogP contribution in [0.1, 0.15) is 0 Å². The second-order valence-electron chi connectivity index (χ2n) is 4.15. The summed E-state index contributed by atoms with van der Waals surface area (Å²) in [6.07, 6.45) is 1.40.